The van der Waals surface area contributed by atoms with E-state index in [9.17, 15) is 13.9 Å². The molecule has 0 radical (unpaired) electrons. The van der Waals surface area contributed by atoms with Gasteiger partial charge in [0, 0.05) is 12.1 Å². The minimum Gasteiger partial charge on any atom is -0.308 e. The lowest BCUT2D eigenvalue weighted by atomic mass is 10.1. The molecule has 0 bridgehead atoms. The smallest absolute Gasteiger partial charge is 0.308 e. The van der Waals surface area contributed by atoms with Crippen molar-refractivity contribution < 1.29 is 32.0 Å². The van der Waals surface area contributed by atoms with Gasteiger partial charge in [-0.1, -0.05) is 34.9 Å². The van der Waals surface area contributed by atoms with Crippen molar-refractivity contribution in [2.24, 2.45) is 5.10 Å². The zero-order valence-electron chi connectivity index (χ0n) is 25.4. The predicted octanol–water partition coefficient (Wildman–Crippen LogP) is 8.24. The summed E-state index contributed by atoms with van der Waals surface area (Å²) in [6.45, 7) is 16.7. The van der Waals surface area contributed by atoms with Crippen LogP contribution in [0.5, 0.6) is 0 Å². The van der Waals surface area contributed by atoms with Gasteiger partial charge in [-0.25, -0.2) is 5.01 Å². The third-order valence-corrected chi connectivity index (χ3v) is 12.6. The van der Waals surface area contributed by atoms with Crippen LogP contribution in [0, 0.1) is 0 Å². The van der Waals surface area contributed by atoms with E-state index in [4.69, 9.17) is 18.1 Å². The Hall–Kier alpha value is -1.34. The fraction of sp³-hybridized carbons (Fsp3) is 0.714. The fourth-order valence-electron chi connectivity index (χ4n) is 4.39. The third-order valence-electron chi connectivity index (χ3n) is 6.21. The summed E-state index contributed by atoms with van der Waals surface area (Å²) in [7, 11) is -8.69. The Morgan fingerprint density at radius 1 is 0.821 bits per heavy atom. The Morgan fingerprint density at radius 3 is 1.69 bits per heavy atom. The standard InChI is InChI=1S/C28H50N2O7P2/c1-10-34-38(32,35-11-2)28(39(33,36-12-3)37-13-4)22-26(9)29-30(27(28)31)21-20-25(8)19-15-18-24(7)17-14-16-23(5)6/h16,18,20H,10-15,17,19,21-22H2,1-9H3/b24-18+,25-20+. The second kappa shape index (κ2) is 16.8. The molecule has 0 aromatic rings. The number of carbonyl (C=O) groups is 1. The van der Waals surface area contributed by atoms with Gasteiger partial charge in [-0.05, 0) is 88.0 Å². The van der Waals surface area contributed by atoms with E-state index in [1.807, 2.05) is 13.0 Å². The minimum absolute atomic E-state index is 0.0129. The van der Waals surface area contributed by atoms with Crippen LogP contribution in [0.1, 0.15) is 94.4 Å². The molecule has 0 spiro atoms. The Bertz CT molecular complexity index is 979. The zero-order valence-corrected chi connectivity index (χ0v) is 27.2. The van der Waals surface area contributed by atoms with E-state index in [1.54, 1.807) is 34.6 Å². The van der Waals surface area contributed by atoms with Gasteiger partial charge in [0.1, 0.15) is 0 Å². The summed E-state index contributed by atoms with van der Waals surface area (Å²) in [5, 5.41) is 5.62. The first-order valence-electron chi connectivity index (χ1n) is 13.9. The maximum Gasteiger partial charge on any atom is 0.358 e. The van der Waals surface area contributed by atoms with Crippen molar-refractivity contribution in [2.75, 3.05) is 33.0 Å². The van der Waals surface area contributed by atoms with Crippen molar-refractivity contribution in [2.45, 2.75) is 99.3 Å². The Balaban J connectivity index is 3.33. The SMILES string of the molecule is CCOP(=O)(OCC)C1(P(=O)(OCC)OCC)CC(C)=NN(C/C=C(\C)CC/C=C(\C)CCC=C(C)C)C1=O. The van der Waals surface area contributed by atoms with Crippen LogP contribution in [0.15, 0.2) is 40.0 Å². The maximum absolute atomic E-state index is 14.3. The third kappa shape index (κ3) is 9.34. The van der Waals surface area contributed by atoms with Crippen LogP contribution >= 0.6 is 15.2 Å². The number of hydrazone groups is 1. The van der Waals surface area contributed by atoms with Gasteiger partial charge in [0.15, 0.2) is 0 Å². The summed E-state index contributed by atoms with van der Waals surface area (Å²) in [4.78, 5) is 12.0. The van der Waals surface area contributed by atoms with Crippen LogP contribution in [-0.2, 0) is 32.0 Å². The second-order valence-corrected chi connectivity index (χ2v) is 14.7. The zero-order chi connectivity index (χ0) is 29.7. The maximum atomic E-state index is 14.3. The molecule has 0 aliphatic carbocycles. The molecule has 39 heavy (non-hydrogen) atoms. The van der Waals surface area contributed by atoms with Crippen LogP contribution in [0.25, 0.3) is 0 Å². The monoisotopic (exact) mass is 588 g/mol. The first kappa shape index (κ1) is 35.7. The lowest BCUT2D eigenvalue weighted by Crippen LogP contribution is -2.52. The number of amides is 1. The largest absolute Gasteiger partial charge is 0.358 e. The summed E-state index contributed by atoms with van der Waals surface area (Å²) in [6.07, 6.45) is 9.96. The molecule has 0 unspecified atom stereocenters. The highest BCUT2D eigenvalue weighted by Gasteiger charge is 2.72. The molecule has 1 aliphatic rings. The van der Waals surface area contributed by atoms with Crippen molar-refractivity contribution in [1.29, 1.82) is 0 Å². The van der Waals surface area contributed by atoms with Crippen LogP contribution in [0.4, 0.5) is 0 Å². The van der Waals surface area contributed by atoms with Crippen molar-refractivity contribution in [3.8, 4) is 0 Å². The van der Waals surface area contributed by atoms with Crippen LogP contribution in [0.2, 0.25) is 0 Å². The molecule has 0 N–H and O–H groups in total. The molecule has 0 aromatic carbocycles. The summed E-state index contributed by atoms with van der Waals surface area (Å²) < 4.78 is 51.2. The fourth-order valence-corrected chi connectivity index (χ4v) is 10.2. The Kier molecular flexibility index (Phi) is 15.4. The summed E-state index contributed by atoms with van der Waals surface area (Å²) in [5.74, 6) is -0.748. The van der Waals surface area contributed by atoms with Gasteiger partial charge in [0.05, 0.1) is 33.0 Å². The first-order valence-corrected chi connectivity index (χ1v) is 17.0. The van der Waals surface area contributed by atoms with Crippen molar-refractivity contribution in [1.82, 2.24) is 5.01 Å². The van der Waals surface area contributed by atoms with E-state index in [0.717, 1.165) is 31.3 Å². The van der Waals surface area contributed by atoms with E-state index in [0.29, 0.717) is 5.71 Å². The number of hydrogen-bond donors (Lipinski definition) is 0. The molecule has 0 atom stereocenters. The average molecular weight is 589 g/mol. The highest BCUT2D eigenvalue weighted by atomic mass is 31.2. The van der Waals surface area contributed by atoms with E-state index < -0.39 is 26.0 Å². The molecule has 9 nitrogen and oxygen atoms in total. The quantitative estimate of drug-likeness (QED) is 0.117. The first-order chi connectivity index (χ1) is 18.4. The van der Waals surface area contributed by atoms with Gasteiger partial charge in [-0.3, -0.25) is 13.9 Å². The van der Waals surface area contributed by atoms with Crippen molar-refractivity contribution in [3.63, 3.8) is 0 Å². The summed E-state index contributed by atoms with van der Waals surface area (Å²) in [6, 6.07) is 0. The number of nitrogens with zero attached hydrogens (tertiary/aromatic N) is 2. The minimum atomic E-state index is -4.35. The van der Waals surface area contributed by atoms with E-state index in [1.165, 1.54) is 16.2 Å². The van der Waals surface area contributed by atoms with Gasteiger partial charge in [0.2, 0.25) is 0 Å². The number of carbonyl (C=O) groups excluding carboxylic acids is 1. The van der Waals surface area contributed by atoms with Crippen LogP contribution in [-0.4, -0.2) is 54.5 Å². The van der Waals surface area contributed by atoms with Crippen molar-refractivity contribution in [3.05, 3.63) is 34.9 Å². The van der Waals surface area contributed by atoms with Gasteiger partial charge in [-0.2, -0.15) is 5.10 Å². The normalized spacial score (nSPS) is 16.9. The highest BCUT2D eigenvalue weighted by Crippen LogP contribution is 2.80. The molecule has 0 saturated carbocycles. The van der Waals surface area contributed by atoms with E-state index in [-0.39, 0.29) is 39.4 Å². The van der Waals surface area contributed by atoms with Gasteiger partial charge >= 0.3 is 15.2 Å². The topological polar surface area (TPSA) is 104 Å². The molecule has 1 heterocycles. The molecule has 0 aromatic heterocycles. The molecule has 224 valence electrons. The molecule has 0 saturated heterocycles. The number of rotatable bonds is 18. The summed E-state index contributed by atoms with van der Waals surface area (Å²) in [5.41, 5.74) is 4.21. The molecular formula is C28H50N2O7P2. The Morgan fingerprint density at radius 2 is 1.26 bits per heavy atom. The summed E-state index contributed by atoms with van der Waals surface area (Å²) >= 11 is 0. The van der Waals surface area contributed by atoms with Crippen LogP contribution < -0.4 is 0 Å². The number of allylic oxidation sites excluding steroid dienone is 5. The molecule has 1 amide bonds. The van der Waals surface area contributed by atoms with Crippen molar-refractivity contribution >= 4 is 26.8 Å². The lowest BCUT2D eigenvalue weighted by Gasteiger charge is -2.44. The highest BCUT2D eigenvalue weighted by molar-refractivity contribution is 7.76. The second-order valence-electron chi connectivity index (χ2n) is 9.84. The molecular weight excluding hydrogens is 538 g/mol. The van der Waals surface area contributed by atoms with Gasteiger partial charge in [-0.15, -0.1) is 0 Å². The van der Waals surface area contributed by atoms with Gasteiger partial charge in [0.25, 0.3) is 10.8 Å². The molecule has 1 aliphatic heterocycles. The molecule has 1 rings (SSSR count). The molecule has 11 heteroatoms. The van der Waals surface area contributed by atoms with Crippen LogP contribution in [0.3, 0.4) is 0 Å². The molecule has 0 fully saturated rings. The van der Waals surface area contributed by atoms with E-state index in [2.05, 4.69) is 38.0 Å². The Labute approximate surface area is 236 Å². The number of hydrogen-bond acceptors (Lipinski definition) is 8. The van der Waals surface area contributed by atoms with Gasteiger partial charge < -0.3 is 18.1 Å². The average Bonchev–Trinajstić information content (AvgIpc) is 2.84. The van der Waals surface area contributed by atoms with E-state index >= 15 is 0 Å². The predicted molar refractivity (Wildman–Crippen MR) is 159 cm³/mol. The lowest BCUT2D eigenvalue weighted by molar-refractivity contribution is -0.133.